The van der Waals surface area contributed by atoms with Crippen LogP contribution in [0, 0.1) is 5.41 Å². The van der Waals surface area contributed by atoms with Crippen molar-refractivity contribution < 1.29 is 9.90 Å². The summed E-state index contributed by atoms with van der Waals surface area (Å²) < 4.78 is 0. The Kier molecular flexibility index (Phi) is 5.32. The van der Waals surface area contributed by atoms with Crippen LogP contribution in [0.3, 0.4) is 0 Å². The molecule has 1 unspecified atom stereocenters. The second kappa shape index (κ2) is 7.03. The Bertz CT molecular complexity index is 621. The summed E-state index contributed by atoms with van der Waals surface area (Å²) >= 11 is 1.46. The molecule has 1 aromatic carbocycles. The molecule has 2 aromatic rings. The first kappa shape index (κ1) is 16.6. The van der Waals surface area contributed by atoms with Gasteiger partial charge in [0, 0.05) is 17.5 Å². The number of rotatable bonds is 6. The van der Waals surface area contributed by atoms with Crippen LogP contribution in [0.25, 0.3) is 10.6 Å². The predicted octanol–water partition coefficient (Wildman–Crippen LogP) is 3.34. The highest BCUT2D eigenvalue weighted by Crippen LogP contribution is 2.24. The molecule has 4 nitrogen and oxygen atoms in total. The molecule has 0 fully saturated rings. The zero-order valence-electron chi connectivity index (χ0n) is 13.2. The third-order valence-corrected chi connectivity index (χ3v) is 4.22. The zero-order chi connectivity index (χ0) is 16.2. The van der Waals surface area contributed by atoms with Gasteiger partial charge in [-0.25, -0.2) is 4.98 Å². The lowest BCUT2D eigenvalue weighted by Crippen LogP contribution is -2.35. The van der Waals surface area contributed by atoms with Gasteiger partial charge in [0.2, 0.25) is 0 Å². The molecule has 1 heterocycles. The fourth-order valence-electron chi connectivity index (χ4n) is 2.37. The summed E-state index contributed by atoms with van der Waals surface area (Å²) in [5, 5.41) is 15.0. The highest BCUT2D eigenvalue weighted by atomic mass is 32.1. The van der Waals surface area contributed by atoms with E-state index in [1.54, 1.807) is 12.3 Å². The molecule has 1 atom stereocenters. The van der Waals surface area contributed by atoms with Crippen LogP contribution in [-0.4, -0.2) is 28.6 Å². The maximum Gasteiger partial charge on any atom is 0.270 e. The fraction of sp³-hybridized carbons (Fsp3) is 0.412. The van der Waals surface area contributed by atoms with Crippen LogP contribution in [-0.2, 0) is 0 Å². The lowest BCUT2D eigenvalue weighted by atomic mass is 9.87. The first-order valence-electron chi connectivity index (χ1n) is 7.34. The number of amides is 1. The maximum absolute atomic E-state index is 12.2. The van der Waals surface area contributed by atoms with Crippen molar-refractivity contribution in [1.82, 2.24) is 10.3 Å². The number of benzene rings is 1. The van der Waals surface area contributed by atoms with Crippen molar-refractivity contribution in [2.45, 2.75) is 33.3 Å². The number of hydrogen-bond acceptors (Lipinski definition) is 4. The molecule has 0 spiro atoms. The van der Waals surface area contributed by atoms with Gasteiger partial charge in [0.05, 0.1) is 6.10 Å². The van der Waals surface area contributed by atoms with Crippen molar-refractivity contribution in [2.24, 2.45) is 5.41 Å². The fourth-order valence-corrected chi connectivity index (χ4v) is 3.18. The number of aliphatic hydroxyl groups excluding tert-OH is 1. The minimum atomic E-state index is -0.379. The first-order chi connectivity index (χ1) is 10.4. The van der Waals surface area contributed by atoms with Crippen LogP contribution >= 0.6 is 11.3 Å². The molecule has 2 N–H and O–H groups in total. The second-order valence-corrected chi connectivity index (χ2v) is 7.16. The minimum absolute atomic E-state index is 0.151. The Balaban J connectivity index is 1.98. The van der Waals surface area contributed by atoms with Crippen molar-refractivity contribution >= 4 is 17.2 Å². The minimum Gasteiger partial charge on any atom is -0.393 e. The Morgan fingerprint density at radius 2 is 2.05 bits per heavy atom. The van der Waals surface area contributed by atoms with E-state index in [9.17, 15) is 9.90 Å². The summed E-state index contributed by atoms with van der Waals surface area (Å²) in [5.41, 5.74) is 1.31. The van der Waals surface area contributed by atoms with Gasteiger partial charge in [-0.1, -0.05) is 44.2 Å². The maximum atomic E-state index is 12.2. The number of carbonyl (C=O) groups excluding carboxylic acids is 1. The van der Waals surface area contributed by atoms with E-state index in [0.717, 1.165) is 10.6 Å². The SMILES string of the molecule is CC(O)CC(C)(C)CNC(=O)c1csc(-c2ccccc2)n1. The zero-order valence-corrected chi connectivity index (χ0v) is 14.0. The van der Waals surface area contributed by atoms with Gasteiger partial charge >= 0.3 is 0 Å². The van der Waals surface area contributed by atoms with Crippen molar-refractivity contribution in [3.05, 3.63) is 41.4 Å². The second-order valence-electron chi connectivity index (χ2n) is 6.30. The summed E-state index contributed by atoms with van der Waals surface area (Å²) in [5.74, 6) is -0.169. The Morgan fingerprint density at radius 3 is 2.68 bits per heavy atom. The van der Waals surface area contributed by atoms with Gasteiger partial charge in [-0.15, -0.1) is 11.3 Å². The van der Waals surface area contributed by atoms with Gasteiger partial charge in [-0.2, -0.15) is 0 Å². The molecular weight excluding hydrogens is 296 g/mol. The summed E-state index contributed by atoms with van der Waals surface area (Å²) in [7, 11) is 0. The van der Waals surface area contributed by atoms with E-state index in [-0.39, 0.29) is 17.4 Å². The van der Waals surface area contributed by atoms with E-state index in [4.69, 9.17) is 0 Å². The molecule has 0 saturated carbocycles. The summed E-state index contributed by atoms with van der Waals surface area (Å²) in [6, 6.07) is 9.82. The summed E-state index contributed by atoms with van der Waals surface area (Å²) in [4.78, 5) is 16.6. The lowest BCUT2D eigenvalue weighted by Gasteiger charge is -2.26. The molecule has 118 valence electrons. The van der Waals surface area contributed by atoms with Crippen molar-refractivity contribution in [2.75, 3.05) is 6.54 Å². The van der Waals surface area contributed by atoms with E-state index in [1.807, 2.05) is 44.2 Å². The molecule has 5 heteroatoms. The van der Waals surface area contributed by atoms with Crippen LogP contribution in [0.4, 0.5) is 0 Å². The molecule has 0 aliphatic carbocycles. The van der Waals surface area contributed by atoms with Crippen molar-refractivity contribution in [1.29, 1.82) is 0 Å². The number of nitrogens with one attached hydrogen (secondary N) is 1. The number of thiazole rings is 1. The monoisotopic (exact) mass is 318 g/mol. The normalized spacial score (nSPS) is 12.9. The van der Waals surface area contributed by atoms with Crippen LogP contribution in [0.1, 0.15) is 37.7 Å². The largest absolute Gasteiger partial charge is 0.393 e. The molecule has 1 aromatic heterocycles. The smallest absolute Gasteiger partial charge is 0.270 e. The molecule has 0 aliphatic heterocycles. The van der Waals surface area contributed by atoms with Crippen LogP contribution in [0.2, 0.25) is 0 Å². The molecule has 22 heavy (non-hydrogen) atoms. The highest BCUT2D eigenvalue weighted by Gasteiger charge is 2.22. The molecule has 0 radical (unpaired) electrons. The molecular formula is C17H22N2O2S. The van der Waals surface area contributed by atoms with Crippen molar-refractivity contribution in [3.63, 3.8) is 0 Å². The summed E-state index contributed by atoms with van der Waals surface area (Å²) in [6.07, 6.45) is 0.260. The standard InChI is InChI=1S/C17H22N2O2S/c1-12(20)9-17(2,3)11-18-15(21)14-10-22-16(19-14)13-7-5-4-6-8-13/h4-8,10,12,20H,9,11H2,1-3H3,(H,18,21). The van der Waals surface area contributed by atoms with E-state index >= 15 is 0 Å². The highest BCUT2D eigenvalue weighted by molar-refractivity contribution is 7.13. The average Bonchev–Trinajstić information content (AvgIpc) is 2.94. The number of nitrogens with zero attached hydrogens (tertiary/aromatic N) is 1. The molecule has 2 rings (SSSR count). The topological polar surface area (TPSA) is 62.2 Å². The Morgan fingerprint density at radius 1 is 1.36 bits per heavy atom. The van der Waals surface area contributed by atoms with E-state index < -0.39 is 0 Å². The molecule has 0 saturated heterocycles. The third kappa shape index (κ3) is 4.64. The van der Waals surface area contributed by atoms with E-state index in [1.165, 1.54) is 11.3 Å². The van der Waals surface area contributed by atoms with Gasteiger partial charge in [0.15, 0.2) is 0 Å². The quantitative estimate of drug-likeness (QED) is 0.858. The van der Waals surface area contributed by atoms with Gasteiger partial charge in [-0.3, -0.25) is 4.79 Å². The van der Waals surface area contributed by atoms with Crippen LogP contribution in [0.15, 0.2) is 35.7 Å². The van der Waals surface area contributed by atoms with Crippen molar-refractivity contribution in [3.8, 4) is 10.6 Å². The number of aromatic nitrogens is 1. The number of aliphatic hydroxyl groups is 1. The Labute approximate surface area is 135 Å². The number of hydrogen-bond donors (Lipinski definition) is 2. The first-order valence-corrected chi connectivity index (χ1v) is 8.22. The molecule has 1 amide bonds. The van der Waals surface area contributed by atoms with Gasteiger partial charge in [0.25, 0.3) is 5.91 Å². The van der Waals surface area contributed by atoms with Gasteiger partial charge in [-0.05, 0) is 18.8 Å². The van der Waals surface area contributed by atoms with Crippen LogP contribution in [0.5, 0.6) is 0 Å². The van der Waals surface area contributed by atoms with E-state index in [0.29, 0.717) is 18.7 Å². The van der Waals surface area contributed by atoms with Crippen LogP contribution < -0.4 is 5.32 Å². The van der Waals surface area contributed by atoms with E-state index in [2.05, 4.69) is 10.3 Å². The number of carbonyl (C=O) groups is 1. The molecule has 0 aliphatic rings. The predicted molar refractivity (Wildman–Crippen MR) is 90.0 cm³/mol. The van der Waals surface area contributed by atoms with Gasteiger partial charge < -0.3 is 10.4 Å². The third-order valence-electron chi connectivity index (χ3n) is 3.33. The lowest BCUT2D eigenvalue weighted by molar-refractivity contribution is 0.0898. The van der Waals surface area contributed by atoms with Gasteiger partial charge in [0.1, 0.15) is 10.7 Å². The molecule has 0 bridgehead atoms. The Hall–Kier alpha value is -1.72. The summed E-state index contributed by atoms with van der Waals surface area (Å²) in [6.45, 7) is 6.32. The average molecular weight is 318 g/mol.